The molecule has 0 fully saturated rings. The van der Waals surface area contributed by atoms with Gasteiger partial charge in [0.1, 0.15) is 0 Å². The largest absolute Gasteiger partial charge is 0.463 e. The van der Waals surface area contributed by atoms with E-state index in [0.29, 0.717) is 6.61 Å². The summed E-state index contributed by atoms with van der Waals surface area (Å²) in [5.74, 6) is -0.277. The van der Waals surface area contributed by atoms with Crippen LogP contribution in [0.2, 0.25) is 0 Å². The molecule has 2 aliphatic carbocycles. The summed E-state index contributed by atoms with van der Waals surface area (Å²) >= 11 is 0. The number of fused-ring (bicyclic) bond motifs is 2. The molecule has 0 N–H and O–H groups in total. The van der Waals surface area contributed by atoms with Crippen LogP contribution >= 0.6 is 0 Å². The molecule has 2 nitrogen and oxygen atoms in total. The first-order chi connectivity index (χ1) is 13.1. The van der Waals surface area contributed by atoms with Gasteiger partial charge in [0.2, 0.25) is 0 Å². The van der Waals surface area contributed by atoms with Gasteiger partial charge in [0.25, 0.3) is 0 Å². The Hall–Kier alpha value is -2.09. The molecule has 0 radical (unpaired) electrons. The summed E-state index contributed by atoms with van der Waals surface area (Å²) in [6.45, 7) is 13.7. The molecule has 2 aliphatic rings. The van der Waals surface area contributed by atoms with E-state index in [0.717, 1.165) is 12.0 Å². The maximum absolute atomic E-state index is 11.6. The van der Waals surface area contributed by atoms with Crippen molar-refractivity contribution in [1.29, 1.82) is 0 Å². The summed E-state index contributed by atoms with van der Waals surface area (Å²) in [4.78, 5) is 11.6. The third-order valence-electron chi connectivity index (χ3n) is 6.11. The molecule has 0 amide bonds. The number of esters is 1. The number of hydrogen-bond acceptors (Lipinski definition) is 2. The van der Waals surface area contributed by atoms with Crippen LogP contribution in [0, 0.1) is 0 Å². The first kappa shape index (κ1) is 20.6. The minimum absolute atomic E-state index is 0.227. The molecule has 1 aromatic rings. The van der Waals surface area contributed by atoms with Crippen LogP contribution in [-0.2, 0) is 26.8 Å². The van der Waals surface area contributed by atoms with Crippen LogP contribution in [-0.4, -0.2) is 12.6 Å². The lowest BCUT2D eigenvalue weighted by Gasteiger charge is -2.25. The number of allylic oxidation sites excluding steroid dienone is 5. The summed E-state index contributed by atoms with van der Waals surface area (Å²) in [6, 6.07) is 4.96. The Morgan fingerprint density at radius 1 is 1.11 bits per heavy atom. The van der Waals surface area contributed by atoms with Crippen LogP contribution in [0.5, 0.6) is 0 Å². The Kier molecular flexibility index (Phi) is 5.70. The van der Waals surface area contributed by atoms with Crippen molar-refractivity contribution in [2.24, 2.45) is 0 Å². The van der Waals surface area contributed by atoms with Gasteiger partial charge in [-0.15, -0.1) is 0 Å². The van der Waals surface area contributed by atoms with Gasteiger partial charge in [-0.05, 0) is 83.8 Å². The molecule has 0 unspecified atom stereocenters. The van der Waals surface area contributed by atoms with Crippen molar-refractivity contribution >= 4 is 11.5 Å². The van der Waals surface area contributed by atoms with Gasteiger partial charge >= 0.3 is 5.97 Å². The molecule has 0 saturated heterocycles. The number of carbonyl (C=O) groups excluding carboxylic acids is 1. The lowest BCUT2D eigenvalue weighted by atomic mass is 9.80. The Bertz CT molecular complexity index is 863. The molecule has 0 aliphatic heterocycles. The molecule has 2 heteroatoms. The topological polar surface area (TPSA) is 26.3 Å². The highest BCUT2D eigenvalue weighted by Crippen LogP contribution is 2.51. The lowest BCUT2D eigenvalue weighted by molar-refractivity contribution is -0.137. The van der Waals surface area contributed by atoms with E-state index in [1.165, 1.54) is 41.5 Å². The Labute approximate surface area is 170 Å². The van der Waals surface area contributed by atoms with Crippen LogP contribution < -0.4 is 0 Å². The minimum Gasteiger partial charge on any atom is -0.463 e. The number of aryl methyl sites for hydroxylation is 1. The SMILES string of the molecule is CCOC(=O)\C=C(C)/C=C/C=C1\CCCc2cc3c(cc21)C(C)(C)CC3(C)C. The highest BCUT2D eigenvalue weighted by atomic mass is 16.5. The van der Waals surface area contributed by atoms with Gasteiger partial charge in [0, 0.05) is 6.08 Å². The molecular formula is C26H34O2. The second-order valence-electron chi connectivity index (χ2n) is 9.54. The first-order valence-corrected chi connectivity index (χ1v) is 10.5. The van der Waals surface area contributed by atoms with Gasteiger partial charge < -0.3 is 4.74 Å². The van der Waals surface area contributed by atoms with Crippen LogP contribution in [0.25, 0.3) is 5.57 Å². The molecule has 28 heavy (non-hydrogen) atoms. The second-order valence-corrected chi connectivity index (χ2v) is 9.54. The van der Waals surface area contributed by atoms with Gasteiger partial charge in [-0.1, -0.05) is 58.1 Å². The summed E-state index contributed by atoms with van der Waals surface area (Å²) in [5, 5.41) is 0. The van der Waals surface area contributed by atoms with E-state index in [9.17, 15) is 4.79 Å². The molecular weight excluding hydrogens is 344 g/mol. The van der Waals surface area contributed by atoms with Gasteiger partial charge in [-0.3, -0.25) is 0 Å². The maximum atomic E-state index is 11.6. The quantitative estimate of drug-likeness (QED) is 0.343. The first-order valence-electron chi connectivity index (χ1n) is 10.5. The number of carbonyl (C=O) groups is 1. The van der Waals surface area contributed by atoms with E-state index in [4.69, 9.17) is 4.74 Å². The fraction of sp³-hybridized carbons (Fsp3) is 0.500. The molecule has 3 rings (SSSR count). The summed E-state index contributed by atoms with van der Waals surface area (Å²) in [6.07, 6.45) is 12.5. The minimum atomic E-state index is -0.277. The van der Waals surface area contributed by atoms with Crippen LogP contribution in [0.15, 0.2) is 42.0 Å². The van der Waals surface area contributed by atoms with Crippen molar-refractivity contribution in [3.63, 3.8) is 0 Å². The van der Waals surface area contributed by atoms with E-state index in [2.05, 4.69) is 52.0 Å². The molecule has 0 spiro atoms. The zero-order valence-electron chi connectivity index (χ0n) is 18.3. The standard InChI is InChI=1S/C26H34O2/c1-7-28-24(27)14-18(2)10-8-11-19-12-9-13-20-15-22-23(16-21(19)20)26(5,6)17-25(22,3)4/h8,10-11,14-16H,7,9,12-13,17H2,1-6H3/b10-8+,18-14-,19-11+. The summed E-state index contributed by atoms with van der Waals surface area (Å²) < 4.78 is 4.97. The third kappa shape index (κ3) is 4.16. The Morgan fingerprint density at radius 3 is 2.46 bits per heavy atom. The van der Waals surface area contributed by atoms with Crippen LogP contribution in [0.4, 0.5) is 0 Å². The number of hydrogen-bond donors (Lipinski definition) is 0. The predicted molar refractivity (Wildman–Crippen MR) is 118 cm³/mol. The predicted octanol–water partition coefficient (Wildman–Crippen LogP) is 6.43. The monoisotopic (exact) mass is 378 g/mol. The average molecular weight is 379 g/mol. The Balaban J connectivity index is 1.91. The normalized spacial score (nSPS) is 21.6. The lowest BCUT2D eigenvalue weighted by Crippen LogP contribution is -2.18. The van der Waals surface area contributed by atoms with E-state index in [-0.39, 0.29) is 16.8 Å². The number of rotatable bonds is 4. The second kappa shape index (κ2) is 7.73. The van der Waals surface area contributed by atoms with Gasteiger partial charge in [0.15, 0.2) is 0 Å². The zero-order chi connectivity index (χ0) is 20.5. The van der Waals surface area contributed by atoms with Crippen molar-refractivity contribution < 1.29 is 9.53 Å². The van der Waals surface area contributed by atoms with Gasteiger partial charge in [-0.2, -0.15) is 0 Å². The molecule has 0 atom stereocenters. The Morgan fingerprint density at radius 2 is 1.79 bits per heavy atom. The van der Waals surface area contributed by atoms with Crippen LogP contribution in [0.3, 0.4) is 0 Å². The fourth-order valence-electron chi connectivity index (χ4n) is 5.08. The van der Waals surface area contributed by atoms with E-state index >= 15 is 0 Å². The molecule has 0 saturated carbocycles. The highest BCUT2D eigenvalue weighted by molar-refractivity contribution is 5.83. The third-order valence-corrected chi connectivity index (χ3v) is 6.11. The smallest absolute Gasteiger partial charge is 0.330 e. The van der Waals surface area contributed by atoms with Crippen molar-refractivity contribution in [3.05, 3.63) is 64.3 Å². The van der Waals surface area contributed by atoms with E-state index in [1.54, 1.807) is 11.6 Å². The summed E-state index contributed by atoms with van der Waals surface area (Å²) in [7, 11) is 0. The van der Waals surface area contributed by atoms with E-state index < -0.39 is 0 Å². The number of ether oxygens (including phenoxy) is 1. The van der Waals surface area contributed by atoms with Gasteiger partial charge in [0.05, 0.1) is 6.61 Å². The zero-order valence-corrected chi connectivity index (χ0v) is 18.3. The average Bonchev–Trinajstić information content (AvgIpc) is 2.78. The van der Waals surface area contributed by atoms with Crippen molar-refractivity contribution in [2.75, 3.05) is 6.61 Å². The van der Waals surface area contributed by atoms with Crippen molar-refractivity contribution in [2.45, 2.75) is 78.1 Å². The molecule has 150 valence electrons. The van der Waals surface area contributed by atoms with Gasteiger partial charge in [-0.25, -0.2) is 4.79 Å². The molecule has 0 aromatic heterocycles. The fourth-order valence-corrected chi connectivity index (χ4v) is 5.08. The van der Waals surface area contributed by atoms with E-state index in [1.807, 2.05) is 19.9 Å². The summed E-state index contributed by atoms with van der Waals surface area (Å²) in [5.41, 5.74) is 8.78. The molecule has 0 heterocycles. The molecule has 0 bridgehead atoms. The maximum Gasteiger partial charge on any atom is 0.330 e. The van der Waals surface area contributed by atoms with Crippen LogP contribution in [0.1, 0.15) is 83.1 Å². The van der Waals surface area contributed by atoms with Crippen molar-refractivity contribution in [3.8, 4) is 0 Å². The molecule has 1 aromatic carbocycles. The highest BCUT2D eigenvalue weighted by Gasteiger charge is 2.42. The van der Waals surface area contributed by atoms with Crippen molar-refractivity contribution in [1.82, 2.24) is 0 Å². The number of benzene rings is 1.